The lowest BCUT2D eigenvalue weighted by atomic mass is 9.96. The van der Waals surface area contributed by atoms with E-state index in [1.165, 1.54) is 25.7 Å². The van der Waals surface area contributed by atoms with E-state index >= 15 is 0 Å². The maximum atomic E-state index is 5.32. The molecule has 1 aliphatic rings. The molecule has 0 unspecified atom stereocenters. The van der Waals surface area contributed by atoms with Crippen LogP contribution in [-0.4, -0.2) is 50.8 Å². The van der Waals surface area contributed by atoms with Crippen molar-refractivity contribution in [3.8, 4) is 0 Å². The third-order valence-corrected chi connectivity index (χ3v) is 3.56. The van der Waals surface area contributed by atoms with Crippen molar-refractivity contribution in [2.45, 2.75) is 38.1 Å². The van der Waals surface area contributed by atoms with Gasteiger partial charge in [-0.15, -0.1) is 0 Å². The molecule has 0 radical (unpaired) electrons. The molecule has 0 bridgehead atoms. The first kappa shape index (κ1) is 12.9. The van der Waals surface area contributed by atoms with Gasteiger partial charge in [0.05, 0.1) is 6.61 Å². The molecule has 0 aliphatic heterocycles. The van der Waals surface area contributed by atoms with E-state index in [-0.39, 0.29) is 0 Å². The van der Waals surface area contributed by atoms with Crippen molar-refractivity contribution in [2.75, 3.05) is 40.4 Å². The lowest BCUT2D eigenvalue weighted by Gasteiger charge is -2.36. The van der Waals surface area contributed by atoms with Gasteiger partial charge in [0.2, 0.25) is 0 Å². The summed E-state index contributed by atoms with van der Waals surface area (Å²) in [6.45, 7) is 5.77. The van der Waals surface area contributed by atoms with Gasteiger partial charge in [-0.3, -0.25) is 0 Å². The summed E-state index contributed by atoms with van der Waals surface area (Å²) in [7, 11) is 4.41. The van der Waals surface area contributed by atoms with E-state index in [9.17, 15) is 0 Å². The maximum absolute atomic E-state index is 5.32. The predicted octanol–water partition coefficient (Wildman–Crippen LogP) is 1.49. The van der Waals surface area contributed by atoms with Crippen LogP contribution in [0.4, 0.5) is 0 Å². The maximum Gasteiger partial charge on any atom is 0.0590 e. The second-order valence-corrected chi connectivity index (χ2v) is 4.70. The molecule has 15 heavy (non-hydrogen) atoms. The Labute approximate surface area is 94.2 Å². The highest BCUT2D eigenvalue weighted by Gasteiger charge is 2.35. The third-order valence-electron chi connectivity index (χ3n) is 3.56. The van der Waals surface area contributed by atoms with Crippen LogP contribution in [-0.2, 0) is 4.74 Å². The molecule has 3 heteroatoms. The molecule has 90 valence electrons. The van der Waals surface area contributed by atoms with Crippen LogP contribution in [0.5, 0.6) is 0 Å². The van der Waals surface area contributed by atoms with Crippen LogP contribution < -0.4 is 5.32 Å². The van der Waals surface area contributed by atoms with Crippen molar-refractivity contribution in [3.05, 3.63) is 0 Å². The zero-order chi connectivity index (χ0) is 11.1. The average molecular weight is 214 g/mol. The van der Waals surface area contributed by atoms with E-state index in [0.29, 0.717) is 5.54 Å². The summed E-state index contributed by atoms with van der Waals surface area (Å²) in [5, 5.41) is 3.52. The van der Waals surface area contributed by atoms with Gasteiger partial charge < -0.3 is 15.0 Å². The predicted molar refractivity (Wildman–Crippen MR) is 64.2 cm³/mol. The quantitative estimate of drug-likeness (QED) is 0.650. The Morgan fingerprint density at radius 3 is 2.47 bits per heavy atom. The van der Waals surface area contributed by atoms with E-state index in [4.69, 9.17) is 4.74 Å². The zero-order valence-corrected chi connectivity index (χ0v) is 10.5. The van der Waals surface area contributed by atoms with Gasteiger partial charge in [-0.05, 0) is 33.9 Å². The molecule has 1 fully saturated rings. The number of hydrogen-bond donors (Lipinski definition) is 1. The van der Waals surface area contributed by atoms with Crippen molar-refractivity contribution >= 4 is 0 Å². The molecule has 0 aromatic carbocycles. The number of ether oxygens (including phenoxy) is 1. The molecule has 0 spiro atoms. The molecule has 0 aromatic rings. The molecule has 0 atom stereocenters. The molecule has 1 saturated carbocycles. The highest BCUT2D eigenvalue weighted by molar-refractivity contribution is 4.94. The largest absolute Gasteiger partial charge is 0.380 e. The Morgan fingerprint density at radius 2 is 1.93 bits per heavy atom. The number of hydrogen-bond acceptors (Lipinski definition) is 3. The van der Waals surface area contributed by atoms with E-state index in [0.717, 1.165) is 26.3 Å². The van der Waals surface area contributed by atoms with Crippen LogP contribution in [0.3, 0.4) is 0 Å². The van der Waals surface area contributed by atoms with Gasteiger partial charge in [-0.1, -0.05) is 12.8 Å². The Kier molecular flexibility index (Phi) is 5.58. The van der Waals surface area contributed by atoms with E-state index in [1.807, 2.05) is 6.92 Å². The normalized spacial score (nSPS) is 20.0. The van der Waals surface area contributed by atoms with Crippen LogP contribution in [0.25, 0.3) is 0 Å². The van der Waals surface area contributed by atoms with Crippen molar-refractivity contribution in [2.24, 2.45) is 0 Å². The van der Waals surface area contributed by atoms with Gasteiger partial charge in [0, 0.05) is 25.2 Å². The van der Waals surface area contributed by atoms with Crippen LogP contribution >= 0.6 is 0 Å². The van der Waals surface area contributed by atoms with Crippen molar-refractivity contribution < 1.29 is 4.74 Å². The number of nitrogens with one attached hydrogen (secondary N) is 1. The van der Waals surface area contributed by atoms with Gasteiger partial charge in [-0.2, -0.15) is 0 Å². The van der Waals surface area contributed by atoms with E-state index in [1.54, 1.807) is 0 Å². The summed E-state index contributed by atoms with van der Waals surface area (Å²) in [6, 6.07) is 0. The first-order valence-corrected chi connectivity index (χ1v) is 6.17. The minimum absolute atomic E-state index is 0.409. The van der Waals surface area contributed by atoms with Gasteiger partial charge in [0.15, 0.2) is 0 Å². The molecular weight excluding hydrogens is 188 g/mol. The SMILES string of the molecule is CCOCCNCC1(N(C)C)CCCC1. The van der Waals surface area contributed by atoms with Gasteiger partial charge in [0.25, 0.3) is 0 Å². The van der Waals surface area contributed by atoms with Crippen LogP contribution in [0, 0.1) is 0 Å². The molecule has 0 aromatic heterocycles. The van der Waals surface area contributed by atoms with Crippen molar-refractivity contribution in [1.29, 1.82) is 0 Å². The smallest absolute Gasteiger partial charge is 0.0590 e. The lowest BCUT2D eigenvalue weighted by Crippen LogP contribution is -2.50. The van der Waals surface area contributed by atoms with Crippen molar-refractivity contribution in [1.82, 2.24) is 10.2 Å². The summed E-state index contributed by atoms with van der Waals surface area (Å²) < 4.78 is 5.32. The zero-order valence-electron chi connectivity index (χ0n) is 10.5. The minimum atomic E-state index is 0.409. The first-order chi connectivity index (χ1) is 7.21. The molecule has 1 aliphatic carbocycles. The monoisotopic (exact) mass is 214 g/mol. The molecule has 1 N–H and O–H groups in total. The molecular formula is C12H26N2O. The Morgan fingerprint density at radius 1 is 1.27 bits per heavy atom. The molecule has 0 saturated heterocycles. The fraction of sp³-hybridized carbons (Fsp3) is 1.00. The van der Waals surface area contributed by atoms with Crippen molar-refractivity contribution in [3.63, 3.8) is 0 Å². The van der Waals surface area contributed by atoms with Gasteiger partial charge in [-0.25, -0.2) is 0 Å². The Hall–Kier alpha value is -0.120. The second-order valence-electron chi connectivity index (χ2n) is 4.70. The molecule has 1 rings (SSSR count). The topological polar surface area (TPSA) is 24.5 Å². The molecule has 0 heterocycles. The number of likely N-dealkylation sites (N-methyl/N-ethyl adjacent to an activating group) is 1. The fourth-order valence-corrected chi connectivity index (χ4v) is 2.42. The highest BCUT2D eigenvalue weighted by atomic mass is 16.5. The van der Waals surface area contributed by atoms with Crippen LogP contribution in [0.2, 0.25) is 0 Å². The Balaban J connectivity index is 2.21. The van der Waals surface area contributed by atoms with Crippen LogP contribution in [0.1, 0.15) is 32.6 Å². The molecule has 0 amide bonds. The number of nitrogens with zero attached hydrogens (tertiary/aromatic N) is 1. The summed E-state index contributed by atoms with van der Waals surface area (Å²) in [5.74, 6) is 0. The summed E-state index contributed by atoms with van der Waals surface area (Å²) in [5.41, 5.74) is 0.409. The van der Waals surface area contributed by atoms with Gasteiger partial charge in [0.1, 0.15) is 0 Å². The highest BCUT2D eigenvalue weighted by Crippen LogP contribution is 2.32. The standard InChI is InChI=1S/C12H26N2O/c1-4-15-10-9-13-11-12(14(2)3)7-5-6-8-12/h13H,4-11H2,1-3H3. The minimum Gasteiger partial charge on any atom is -0.380 e. The summed E-state index contributed by atoms with van der Waals surface area (Å²) in [4.78, 5) is 2.40. The van der Waals surface area contributed by atoms with Gasteiger partial charge >= 0.3 is 0 Å². The van der Waals surface area contributed by atoms with E-state index in [2.05, 4.69) is 24.3 Å². The average Bonchev–Trinajstić information content (AvgIpc) is 2.67. The summed E-state index contributed by atoms with van der Waals surface area (Å²) >= 11 is 0. The summed E-state index contributed by atoms with van der Waals surface area (Å²) in [6.07, 6.45) is 5.43. The van der Waals surface area contributed by atoms with Crippen LogP contribution in [0.15, 0.2) is 0 Å². The fourth-order valence-electron chi connectivity index (χ4n) is 2.42. The number of rotatable bonds is 7. The second kappa shape index (κ2) is 6.46. The third kappa shape index (κ3) is 3.74. The Bertz CT molecular complexity index is 165. The lowest BCUT2D eigenvalue weighted by molar-refractivity contribution is 0.130. The molecule has 3 nitrogen and oxygen atoms in total. The first-order valence-electron chi connectivity index (χ1n) is 6.17. The van der Waals surface area contributed by atoms with E-state index < -0.39 is 0 Å².